The third-order valence-corrected chi connectivity index (χ3v) is 2.93. The van der Waals surface area contributed by atoms with E-state index in [4.69, 9.17) is 16.3 Å². The Balaban J connectivity index is 2.29. The lowest BCUT2D eigenvalue weighted by Gasteiger charge is -2.14. The van der Waals surface area contributed by atoms with Gasteiger partial charge in [-0.05, 0) is 43.0 Å². The maximum atomic E-state index is 5.92. The Kier molecular flexibility index (Phi) is 4.96. The summed E-state index contributed by atoms with van der Waals surface area (Å²) in [5, 5.41) is 3.28. The first-order chi connectivity index (χ1) is 9.95. The Morgan fingerprint density at radius 2 is 1.76 bits per heavy atom. The zero-order valence-electron chi connectivity index (χ0n) is 12.6. The monoisotopic (exact) mass is 306 g/mol. The number of para-hydroxylation sites is 1. The van der Waals surface area contributed by atoms with E-state index in [0.29, 0.717) is 11.9 Å². The van der Waals surface area contributed by atoms with Crippen LogP contribution in [0.4, 0.5) is 11.6 Å². The maximum absolute atomic E-state index is 5.92. The molecule has 112 valence electrons. The van der Waals surface area contributed by atoms with Gasteiger partial charge in [-0.2, -0.15) is 15.0 Å². The van der Waals surface area contributed by atoms with Crippen LogP contribution in [-0.4, -0.2) is 21.1 Å². The average molecular weight is 307 g/mol. The van der Waals surface area contributed by atoms with Crippen LogP contribution in [0.3, 0.4) is 0 Å². The number of benzene rings is 1. The van der Waals surface area contributed by atoms with Crippen LogP contribution in [0.2, 0.25) is 5.28 Å². The molecule has 1 aromatic heterocycles. The molecule has 2 aromatic rings. The molecule has 2 rings (SSSR count). The third-order valence-electron chi connectivity index (χ3n) is 2.76. The molecule has 21 heavy (non-hydrogen) atoms. The summed E-state index contributed by atoms with van der Waals surface area (Å²) < 4.78 is 5.46. The summed E-state index contributed by atoms with van der Waals surface area (Å²) in [7, 11) is 0. The number of ether oxygens (including phenoxy) is 1. The van der Waals surface area contributed by atoms with E-state index in [-0.39, 0.29) is 17.4 Å². The fraction of sp³-hybridized carbons (Fsp3) is 0.400. The van der Waals surface area contributed by atoms with Crippen molar-refractivity contribution in [3.8, 4) is 6.01 Å². The number of anilines is 2. The summed E-state index contributed by atoms with van der Waals surface area (Å²) in [4.78, 5) is 12.3. The second-order valence-corrected chi connectivity index (χ2v) is 5.58. The van der Waals surface area contributed by atoms with E-state index >= 15 is 0 Å². The van der Waals surface area contributed by atoms with Crippen LogP contribution in [-0.2, 0) is 0 Å². The normalized spacial score (nSPS) is 11.0. The van der Waals surface area contributed by atoms with Crippen LogP contribution in [0, 0.1) is 0 Å². The van der Waals surface area contributed by atoms with Gasteiger partial charge in [0.25, 0.3) is 0 Å². The van der Waals surface area contributed by atoms with Gasteiger partial charge in [0.15, 0.2) is 0 Å². The predicted molar refractivity (Wildman–Crippen MR) is 84.4 cm³/mol. The molecule has 1 heterocycles. The summed E-state index contributed by atoms with van der Waals surface area (Å²) in [5.74, 6) is 0.760. The Labute approximate surface area is 129 Å². The summed E-state index contributed by atoms with van der Waals surface area (Å²) in [6.07, 6.45) is -0.0285. The molecule has 5 nitrogen and oxygen atoms in total. The molecular weight excluding hydrogens is 288 g/mol. The van der Waals surface area contributed by atoms with Crippen LogP contribution in [0.5, 0.6) is 6.01 Å². The van der Waals surface area contributed by atoms with E-state index in [9.17, 15) is 0 Å². The molecule has 0 aliphatic carbocycles. The lowest BCUT2D eigenvalue weighted by atomic mass is 10.0. The van der Waals surface area contributed by atoms with Crippen molar-refractivity contribution in [2.24, 2.45) is 0 Å². The number of halogens is 1. The molecule has 0 saturated heterocycles. The molecule has 0 aliphatic rings. The molecule has 0 radical (unpaired) electrons. The van der Waals surface area contributed by atoms with Crippen molar-refractivity contribution in [3.05, 3.63) is 35.1 Å². The number of hydrogen-bond donors (Lipinski definition) is 1. The molecule has 0 bridgehead atoms. The summed E-state index contributed by atoms with van der Waals surface area (Å²) in [6, 6.07) is 8.24. The largest absolute Gasteiger partial charge is 0.461 e. The van der Waals surface area contributed by atoms with Crippen LogP contribution in [0.1, 0.15) is 39.2 Å². The lowest BCUT2D eigenvalue weighted by Crippen LogP contribution is -2.10. The minimum Gasteiger partial charge on any atom is -0.461 e. The lowest BCUT2D eigenvalue weighted by molar-refractivity contribution is 0.222. The highest BCUT2D eigenvalue weighted by molar-refractivity contribution is 6.28. The highest BCUT2D eigenvalue weighted by Crippen LogP contribution is 2.26. The molecule has 1 aromatic carbocycles. The zero-order chi connectivity index (χ0) is 15.4. The smallest absolute Gasteiger partial charge is 0.322 e. The molecule has 0 fully saturated rings. The van der Waals surface area contributed by atoms with Crippen molar-refractivity contribution in [3.63, 3.8) is 0 Å². The van der Waals surface area contributed by atoms with Crippen LogP contribution < -0.4 is 10.1 Å². The van der Waals surface area contributed by atoms with E-state index in [2.05, 4.69) is 40.2 Å². The van der Waals surface area contributed by atoms with Crippen molar-refractivity contribution < 1.29 is 4.74 Å². The number of nitrogens with one attached hydrogen (secondary N) is 1. The van der Waals surface area contributed by atoms with Gasteiger partial charge in [0.05, 0.1) is 6.10 Å². The quantitative estimate of drug-likeness (QED) is 0.898. The highest BCUT2D eigenvalue weighted by Gasteiger charge is 2.11. The van der Waals surface area contributed by atoms with Crippen LogP contribution in [0.25, 0.3) is 0 Å². The van der Waals surface area contributed by atoms with Gasteiger partial charge < -0.3 is 10.1 Å². The second kappa shape index (κ2) is 6.72. The topological polar surface area (TPSA) is 59.9 Å². The Hall–Kier alpha value is -1.88. The van der Waals surface area contributed by atoms with Crippen molar-refractivity contribution in [1.82, 2.24) is 15.0 Å². The van der Waals surface area contributed by atoms with E-state index < -0.39 is 0 Å². The molecule has 1 N–H and O–H groups in total. The van der Waals surface area contributed by atoms with Crippen molar-refractivity contribution in [2.75, 3.05) is 5.32 Å². The number of rotatable bonds is 5. The molecule has 0 atom stereocenters. The molecule has 0 aliphatic heterocycles. The predicted octanol–water partition coefficient (Wildman–Crippen LogP) is 4.18. The average Bonchev–Trinajstić information content (AvgIpc) is 2.37. The van der Waals surface area contributed by atoms with Gasteiger partial charge in [0.2, 0.25) is 11.2 Å². The Morgan fingerprint density at radius 1 is 1.05 bits per heavy atom. The minimum atomic E-state index is -0.0285. The molecule has 0 saturated carbocycles. The van der Waals surface area contributed by atoms with Gasteiger partial charge in [-0.3, -0.25) is 0 Å². The second-order valence-electron chi connectivity index (χ2n) is 5.24. The van der Waals surface area contributed by atoms with E-state index in [1.807, 2.05) is 32.0 Å². The first kappa shape index (κ1) is 15.5. The fourth-order valence-corrected chi connectivity index (χ4v) is 2.04. The minimum absolute atomic E-state index is 0.0285. The highest BCUT2D eigenvalue weighted by atomic mass is 35.5. The Morgan fingerprint density at radius 3 is 2.43 bits per heavy atom. The van der Waals surface area contributed by atoms with Gasteiger partial charge in [-0.1, -0.05) is 32.0 Å². The first-order valence-corrected chi connectivity index (χ1v) is 7.27. The van der Waals surface area contributed by atoms with Crippen LogP contribution in [0.15, 0.2) is 24.3 Å². The summed E-state index contributed by atoms with van der Waals surface area (Å²) in [5.41, 5.74) is 2.13. The van der Waals surface area contributed by atoms with Gasteiger partial charge in [0, 0.05) is 5.69 Å². The fourth-order valence-electron chi connectivity index (χ4n) is 1.89. The van der Waals surface area contributed by atoms with Crippen LogP contribution >= 0.6 is 11.6 Å². The zero-order valence-corrected chi connectivity index (χ0v) is 13.3. The van der Waals surface area contributed by atoms with E-state index in [1.165, 1.54) is 5.56 Å². The van der Waals surface area contributed by atoms with Gasteiger partial charge in [0.1, 0.15) is 0 Å². The van der Waals surface area contributed by atoms with Crippen molar-refractivity contribution in [1.29, 1.82) is 0 Å². The molecule has 6 heteroatoms. The standard InChI is InChI=1S/C15H19ClN4O/c1-9(2)11-7-5-6-8-12(11)17-14-18-13(16)19-15(20-14)21-10(3)4/h5-10H,1-4H3,(H,17,18,19,20). The molecule has 0 unspecified atom stereocenters. The maximum Gasteiger partial charge on any atom is 0.322 e. The number of hydrogen-bond acceptors (Lipinski definition) is 5. The SMILES string of the molecule is CC(C)Oc1nc(Cl)nc(Nc2ccccc2C(C)C)n1. The first-order valence-electron chi connectivity index (χ1n) is 6.90. The summed E-state index contributed by atoms with van der Waals surface area (Å²) >= 11 is 5.92. The van der Waals surface area contributed by atoms with Crippen molar-refractivity contribution in [2.45, 2.75) is 39.7 Å². The molecular formula is C15H19ClN4O. The van der Waals surface area contributed by atoms with Crippen molar-refractivity contribution >= 4 is 23.2 Å². The summed E-state index contributed by atoms with van der Waals surface area (Å²) in [6.45, 7) is 8.07. The van der Waals surface area contributed by atoms with E-state index in [0.717, 1.165) is 5.69 Å². The van der Waals surface area contributed by atoms with Gasteiger partial charge >= 0.3 is 6.01 Å². The van der Waals surface area contributed by atoms with Gasteiger partial charge in [-0.15, -0.1) is 0 Å². The Bertz CT molecular complexity index is 616. The third kappa shape index (κ3) is 4.29. The number of nitrogens with zero attached hydrogens (tertiary/aromatic N) is 3. The van der Waals surface area contributed by atoms with E-state index in [1.54, 1.807) is 0 Å². The van der Waals surface area contributed by atoms with Gasteiger partial charge in [-0.25, -0.2) is 0 Å². The number of aromatic nitrogens is 3. The molecule has 0 spiro atoms. The molecule has 0 amide bonds.